The molecule has 0 amide bonds. The Kier molecular flexibility index (Phi) is 4.98. The number of hydrogen-bond donors (Lipinski definition) is 1. The molecule has 6 heteroatoms. The van der Waals surface area contributed by atoms with Gasteiger partial charge in [-0.2, -0.15) is 0 Å². The molecule has 0 aromatic carbocycles. The molecule has 5 nitrogen and oxygen atoms in total. The average Bonchev–Trinajstić information content (AvgIpc) is 2.67. The molecule has 90 valence electrons. The summed E-state index contributed by atoms with van der Waals surface area (Å²) in [5.74, 6) is 0.0622. The molecule has 1 fully saturated rings. The van der Waals surface area contributed by atoms with Gasteiger partial charge in [-0.25, -0.2) is 12.7 Å². The smallest absolute Gasteiger partial charge is 0.216 e. The lowest BCUT2D eigenvalue weighted by atomic mass is 10.2. The lowest BCUT2D eigenvalue weighted by Gasteiger charge is -2.20. The highest BCUT2D eigenvalue weighted by atomic mass is 32.2. The van der Waals surface area contributed by atoms with E-state index in [4.69, 9.17) is 4.74 Å². The zero-order valence-corrected chi connectivity index (χ0v) is 10.2. The van der Waals surface area contributed by atoms with Crippen LogP contribution in [0.15, 0.2) is 0 Å². The van der Waals surface area contributed by atoms with E-state index in [9.17, 15) is 8.42 Å². The van der Waals surface area contributed by atoms with Crippen LogP contribution in [0.2, 0.25) is 0 Å². The maximum Gasteiger partial charge on any atom is 0.216 e. The SMILES string of the molecule is COCCS(=O)(=O)N(C)CC1CCCN1. The molecule has 1 N–H and O–H groups in total. The van der Waals surface area contributed by atoms with Gasteiger partial charge in [-0.1, -0.05) is 0 Å². The summed E-state index contributed by atoms with van der Waals surface area (Å²) in [7, 11) is -0.00364. The number of ether oxygens (including phenoxy) is 1. The predicted molar refractivity (Wildman–Crippen MR) is 59.3 cm³/mol. The molecule has 0 radical (unpaired) electrons. The van der Waals surface area contributed by atoms with Crippen LogP contribution in [-0.2, 0) is 14.8 Å². The van der Waals surface area contributed by atoms with E-state index in [0.717, 1.165) is 19.4 Å². The van der Waals surface area contributed by atoms with Crippen molar-refractivity contribution in [3.8, 4) is 0 Å². The fourth-order valence-corrected chi connectivity index (χ4v) is 2.78. The Morgan fingerprint density at radius 1 is 1.53 bits per heavy atom. The van der Waals surface area contributed by atoms with Crippen LogP contribution in [0.3, 0.4) is 0 Å². The lowest BCUT2D eigenvalue weighted by Crippen LogP contribution is -2.40. The summed E-state index contributed by atoms with van der Waals surface area (Å²) in [6.07, 6.45) is 2.20. The van der Waals surface area contributed by atoms with Crippen LogP contribution < -0.4 is 5.32 Å². The Hall–Kier alpha value is -0.170. The predicted octanol–water partition coefficient (Wildman–Crippen LogP) is -0.354. The van der Waals surface area contributed by atoms with E-state index in [1.54, 1.807) is 7.05 Å². The Morgan fingerprint density at radius 2 is 2.27 bits per heavy atom. The third-order valence-corrected chi connectivity index (χ3v) is 4.44. The largest absolute Gasteiger partial charge is 0.384 e. The van der Waals surface area contributed by atoms with Gasteiger partial charge in [-0.05, 0) is 19.4 Å². The first kappa shape index (κ1) is 12.9. The average molecular weight is 236 g/mol. The van der Waals surface area contributed by atoms with E-state index in [0.29, 0.717) is 12.6 Å². The molecule has 1 aliphatic rings. The monoisotopic (exact) mass is 236 g/mol. The molecule has 0 bridgehead atoms. The van der Waals surface area contributed by atoms with Crippen molar-refractivity contribution in [2.24, 2.45) is 0 Å². The zero-order chi connectivity index (χ0) is 11.3. The Bertz CT molecular complexity index is 273. The van der Waals surface area contributed by atoms with Gasteiger partial charge in [0.25, 0.3) is 0 Å². The van der Waals surface area contributed by atoms with Crippen LogP contribution >= 0.6 is 0 Å². The minimum absolute atomic E-state index is 0.0622. The third-order valence-electron chi connectivity index (χ3n) is 2.66. The molecular formula is C9H20N2O3S. The molecular weight excluding hydrogens is 216 g/mol. The number of sulfonamides is 1. The van der Waals surface area contributed by atoms with Crippen LogP contribution in [0.1, 0.15) is 12.8 Å². The first-order valence-corrected chi connectivity index (χ1v) is 6.83. The van der Waals surface area contributed by atoms with Crippen molar-refractivity contribution in [3.05, 3.63) is 0 Å². The first-order chi connectivity index (χ1) is 7.06. The molecule has 0 spiro atoms. The van der Waals surface area contributed by atoms with Gasteiger partial charge in [0.15, 0.2) is 0 Å². The molecule has 0 aromatic rings. The van der Waals surface area contributed by atoms with Crippen LogP contribution in [0.25, 0.3) is 0 Å². The van der Waals surface area contributed by atoms with Crippen LogP contribution in [0.4, 0.5) is 0 Å². The normalized spacial score (nSPS) is 22.5. The minimum Gasteiger partial charge on any atom is -0.384 e. The van der Waals surface area contributed by atoms with Gasteiger partial charge < -0.3 is 10.1 Å². The van der Waals surface area contributed by atoms with Gasteiger partial charge in [0.2, 0.25) is 10.0 Å². The molecule has 1 saturated heterocycles. The highest BCUT2D eigenvalue weighted by Crippen LogP contribution is 2.08. The third kappa shape index (κ3) is 4.06. The van der Waals surface area contributed by atoms with Crippen LogP contribution in [-0.4, -0.2) is 58.4 Å². The number of methoxy groups -OCH3 is 1. The zero-order valence-electron chi connectivity index (χ0n) is 9.40. The molecule has 1 unspecified atom stereocenters. The molecule has 0 saturated carbocycles. The van der Waals surface area contributed by atoms with E-state index in [1.165, 1.54) is 11.4 Å². The van der Waals surface area contributed by atoms with Crippen molar-refractivity contribution >= 4 is 10.0 Å². The van der Waals surface area contributed by atoms with E-state index in [2.05, 4.69) is 5.32 Å². The lowest BCUT2D eigenvalue weighted by molar-refractivity contribution is 0.215. The summed E-state index contributed by atoms with van der Waals surface area (Å²) in [5, 5.41) is 3.28. The molecule has 15 heavy (non-hydrogen) atoms. The van der Waals surface area contributed by atoms with Crippen LogP contribution in [0.5, 0.6) is 0 Å². The van der Waals surface area contributed by atoms with Crippen LogP contribution in [0, 0.1) is 0 Å². The number of nitrogens with one attached hydrogen (secondary N) is 1. The number of hydrogen-bond acceptors (Lipinski definition) is 4. The fourth-order valence-electron chi connectivity index (χ4n) is 1.68. The van der Waals surface area contributed by atoms with Crippen molar-refractivity contribution in [3.63, 3.8) is 0 Å². The summed E-state index contributed by atoms with van der Waals surface area (Å²) in [5.41, 5.74) is 0. The van der Waals surface area contributed by atoms with Gasteiger partial charge in [0, 0.05) is 26.7 Å². The van der Waals surface area contributed by atoms with Crippen molar-refractivity contribution in [1.82, 2.24) is 9.62 Å². The van der Waals surface area contributed by atoms with E-state index in [1.807, 2.05) is 0 Å². The number of rotatable bonds is 6. The Morgan fingerprint density at radius 3 is 2.80 bits per heavy atom. The highest BCUT2D eigenvalue weighted by Gasteiger charge is 2.23. The van der Waals surface area contributed by atoms with E-state index >= 15 is 0 Å². The first-order valence-electron chi connectivity index (χ1n) is 5.22. The number of nitrogens with zero attached hydrogens (tertiary/aromatic N) is 1. The maximum absolute atomic E-state index is 11.7. The minimum atomic E-state index is -3.14. The van der Waals surface area contributed by atoms with Crippen molar-refractivity contribution in [2.75, 3.05) is 39.6 Å². The summed E-state index contributed by atoms with van der Waals surface area (Å²) >= 11 is 0. The number of likely N-dealkylation sites (N-methyl/N-ethyl adjacent to an activating group) is 1. The van der Waals surface area contributed by atoms with Crippen molar-refractivity contribution in [2.45, 2.75) is 18.9 Å². The molecule has 1 aliphatic heterocycles. The molecule has 1 atom stereocenters. The summed E-state index contributed by atoms with van der Waals surface area (Å²) in [4.78, 5) is 0. The molecule has 0 aromatic heterocycles. The second-order valence-corrected chi connectivity index (χ2v) is 6.08. The summed E-state index contributed by atoms with van der Waals surface area (Å²) in [6, 6.07) is 0.312. The van der Waals surface area contributed by atoms with E-state index < -0.39 is 10.0 Å². The Balaban J connectivity index is 2.40. The quantitative estimate of drug-likeness (QED) is 0.684. The van der Waals surface area contributed by atoms with Gasteiger partial charge >= 0.3 is 0 Å². The topological polar surface area (TPSA) is 58.6 Å². The maximum atomic E-state index is 11.7. The highest BCUT2D eigenvalue weighted by molar-refractivity contribution is 7.89. The van der Waals surface area contributed by atoms with Crippen molar-refractivity contribution in [1.29, 1.82) is 0 Å². The van der Waals surface area contributed by atoms with Gasteiger partial charge in [0.05, 0.1) is 12.4 Å². The fraction of sp³-hybridized carbons (Fsp3) is 1.00. The second kappa shape index (κ2) is 5.79. The van der Waals surface area contributed by atoms with Gasteiger partial charge in [-0.15, -0.1) is 0 Å². The molecule has 1 heterocycles. The van der Waals surface area contributed by atoms with Crippen molar-refractivity contribution < 1.29 is 13.2 Å². The van der Waals surface area contributed by atoms with E-state index in [-0.39, 0.29) is 12.4 Å². The van der Waals surface area contributed by atoms with Gasteiger partial charge in [-0.3, -0.25) is 0 Å². The summed E-state index contributed by atoms with van der Waals surface area (Å²) in [6.45, 7) is 1.81. The van der Waals surface area contributed by atoms with Gasteiger partial charge in [0.1, 0.15) is 0 Å². The second-order valence-electron chi connectivity index (χ2n) is 3.88. The summed E-state index contributed by atoms with van der Waals surface area (Å²) < 4.78 is 29.6. The standard InChI is InChI=1S/C9H20N2O3S/c1-11(8-9-4-3-5-10-9)15(12,13)7-6-14-2/h9-10H,3-8H2,1-2H3. The Labute approximate surface area is 91.8 Å². The molecule has 1 rings (SSSR count). The molecule has 0 aliphatic carbocycles.